The van der Waals surface area contributed by atoms with Gasteiger partial charge in [-0.05, 0) is 60.0 Å². The molecule has 1 unspecified atom stereocenters. The van der Waals surface area contributed by atoms with Gasteiger partial charge in [-0.25, -0.2) is 0 Å². The topological polar surface area (TPSA) is 6.48 Å². The van der Waals surface area contributed by atoms with Gasteiger partial charge in [0.15, 0.2) is 0 Å². The molecule has 2 heteroatoms. The van der Waals surface area contributed by atoms with Gasteiger partial charge in [0.1, 0.15) is 0 Å². The van der Waals surface area contributed by atoms with Crippen molar-refractivity contribution in [2.24, 2.45) is 0 Å². The van der Waals surface area contributed by atoms with Gasteiger partial charge in [0.25, 0.3) is 0 Å². The number of hydrogen-bond acceptors (Lipinski definition) is 2. The molecule has 0 N–H and O–H groups in total. The lowest BCUT2D eigenvalue weighted by Crippen LogP contribution is -2.51. The maximum absolute atomic E-state index is 2.72. The summed E-state index contributed by atoms with van der Waals surface area (Å²) in [5.74, 6) is 0. The van der Waals surface area contributed by atoms with E-state index >= 15 is 0 Å². The van der Waals surface area contributed by atoms with Crippen LogP contribution in [-0.2, 0) is 0 Å². The third-order valence-electron chi connectivity index (χ3n) is 4.02. The zero-order chi connectivity index (χ0) is 12.8. The smallest absolute Gasteiger partial charge is 0.0225 e. The van der Waals surface area contributed by atoms with E-state index in [1.807, 2.05) is 0 Å². The molecular formula is C15H32N2. The van der Waals surface area contributed by atoms with E-state index in [0.717, 1.165) is 6.04 Å². The molecule has 102 valence electrons. The van der Waals surface area contributed by atoms with E-state index in [4.69, 9.17) is 0 Å². The number of likely N-dealkylation sites (tertiary alicyclic amines) is 1. The average Bonchev–Trinajstić information content (AvgIpc) is 2.28. The Kier molecular flexibility index (Phi) is 6.50. The maximum Gasteiger partial charge on any atom is 0.0225 e. The molecule has 0 aromatic heterocycles. The molecule has 0 aromatic carbocycles. The van der Waals surface area contributed by atoms with E-state index in [2.05, 4.69) is 44.4 Å². The number of rotatable bonds is 6. The summed E-state index contributed by atoms with van der Waals surface area (Å²) in [6, 6.07) is 2.18. The molecule has 0 saturated carbocycles. The van der Waals surface area contributed by atoms with Crippen LogP contribution < -0.4 is 0 Å². The van der Waals surface area contributed by atoms with Crippen LogP contribution in [0.5, 0.6) is 0 Å². The highest BCUT2D eigenvalue weighted by Gasteiger charge is 2.26. The quantitative estimate of drug-likeness (QED) is 0.702. The Morgan fingerprint density at radius 1 is 1.18 bits per heavy atom. The van der Waals surface area contributed by atoms with Crippen molar-refractivity contribution in [2.45, 2.75) is 78.4 Å². The van der Waals surface area contributed by atoms with Gasteiger partial charge in [0.2, 0.25) is 0 Å². The fraction of sp³-hybridized carbons (Fsp3) is 1.00. The molecule has 2 nitrogen and oxygen atoms in total. The second-order valence-electron chi connectivity index (χ2n) is 6.07. The lowest BCUT2D eigenvalue weighted by atomic mass is 9.99. The molecular weight excluding hydrogens is 208 g/mol. The monoisotopic (exact) mass is 240 g/mol. The van der Waals surface area contributed by atoms with Crippen molar-refractivity contribution in [3.8, 4) is 0 Å². The van der Waals surface area contributed by atoms with Crippen LogP contribution in [0.25, 0.3) is 0 Å². The summed E-state index contributed by atoms with van der Waals surface area (Å²) < 4.78 is 0. The van der Waals surface area contributed by atoms with Crippen LogP contribution in [-0.4, -0.2) is 47.6 Å². The highest BCUT2D eigenvalue weighted by molar-refractivity contribution is 4.82. The summed E-state index contributed by atoms with van der Waals surface area (Å²) in [4.78, 5) is 5.37. The van der Waals surface area contributed by atoms with Gasteiger partial charge in [-0.2, -0.15) is 0 Å². The summed E-state index contributed by atoms with van der Waals surface area (Å²) >= 11 is 0. The second-order valence-corrected chi connectivity index (χ2v) is 6.07. The van der Waals surface area contributed by atoms with Gasteiger partial charge in [-0.3, -0.25) is 9.80 Å². The van der Waals surface area contributed by atoms with Crippen LogP contribution in [0.2, 0.25) is 0 Å². The fourth-order valence-electron chi connectivity index (χ4n) is 3.02. The average molecular weight is 240 g/mol. The van der Waals surface area contributed by atoms with E-state index in [9.17, 15) is 0 Å². The first-order valence-electron chi connectivity index (χ1n) is 7.56. The summed E-state index contributed by atoms with van der Waals surface area (Å²) in [7, 11) is 0. The molecule has 0 spiro atoms. The van der Waals surface area contributed by atoms with Crippen molar-refractivity contribution in [3.63, 3.8) is 0 Å². The minimum atomic E-state index is 0.686. The number of piperidine rings is 1. The van der Waals surface area contributed by atoms with Crippen LogP contribution in [0, 0.1) is 0 Å². The fourth-order valence-corrected chi connectivity index (χ4v) is 3.02. The molecule has 1 atom stereocenters. The number of nitrogens with zero attached hydrogens (tertiary/aromatic N) is 2. The van der Waals surface area contributed by atoms with Crippen LogP contribution >= 0.6 is 0 Å². The van der Waals surface area contributed by atoms with Crippen LogP contribution in [0.15, 0.2) is 0 Å². The van der Waals surface area contributed by atoms with Crippen molar-refractivity contribution in [3.05, 3.63) is 0 Å². The molecule has 1 aliphatic rings. The minimum absolute atomic E-state index is 0.686. The summed E-state index contributed by atoms with van der Waals surface area (Å²) in [5, 5.41) is 0. The normalized spacial score (nSPS) is 22.9. The summed E-state index contributed by atoms with van der Waals surface area (Å²) in [5.41, 5.74) is 0. The Labute approximate surface area is 108 Å². The second kappa shape index (κ2) is 7.38. The zero-order valence-electron chi connectivity index (χ0n) is 12.6. The lowest BCUT2D eigenvalue weighted by molar-refractivity contribution is 0.0679. The third-order valence-corrected chi connectivity index (χ3v) is 4.02. The molecule has 1 aliphatic heterocycles. The first-order chi connectivity index (χ1) is 8.06. The van der Waals surface area contributed by atoms with Gasteiger partial charge in [-0.1, -0.05) is 13.3 Å². The molecule has 1 rings (SSSR count). The zero-order valence-corrected chi connectivity index (χ0v) is 12.6. The standard InChI is InChI=1S/C15H32N2/c1-6-10-16(13(2)3)12-15-9-7-8-11-17(15)14(4)5/h13-15H,6-12H2,1-5H3. The van der Waals surface area contributed by atoms with E-state index in [0.29, 0.717) is 12.1 Å². The molecule has 1 fully saturated rings. The number of hydrogen-bond donors (Lipinski definition) is 0. The Balaban J connectivity index is 2.55. The first-order valence-corrected chi connectivity index (χ1v) is 7.56. The molecule has 0 radical (unpaired) electrons. The van der Waals surface area contributed by atoms with Gasteiger partial charge < -0.3 is 0 Å². The molecule has 0 aliphatic carbocycles. The Morgan fingerprint density at radius 3 is 2.41 bits per heavy atom. The van der Waals surface area contributed by atoms with Crippen molar-refractivity contribution in [1.29, 1.82) is 0 Å². The van der Waals surface area contributed by atoms with E-state index in [1.165, 1.54) is 45.3 Å². The van der Waals surface area contributed by atoms with Gasteiger partial charge in [0.05, 0.1) is 0 Å². The molecule has 1 heterocycles. The van der Waals surface area contributed by atoms with Gasteiger partial charge in [0, 0.05) is 24.7 Å². The lowest BCUT2D eigenvalue weighted by Gasteiger charge is -2.42. The van der Waals surface area contributed by atoms with Crippen molar-refractivity contribution >= 4 is 0 Å². The Morgan fingerprint density at radius 2 is 1.88 bits per heavy atom. The third kappa shape index (κ3) is 4.59. The van der Waals surface area contributed by atoms with Gasteiger partial charge >= 0.3 is 0 Å². The van der Waals surface area contributed by atoms with Crippen molar-refractivity contribution in [1.82, 2.24) is 9.80 Å². The molecule has 0 amide bonds. The summed E-state index contributed by atoms with van der Waals surface area (Å²) in [6.07, 6.45) is 5.48. The molecule has 0 aromatic rings. The van der Waals surface area contributed by atoms with Crippen LogP contribution in [0.3, 0.4) is 0 Å². The predicted molar refractivity (Wildman–Crippen MR) is 76.5 cm³/mol. The molecule has 17 heavy (non-hydrogen) atoms. The maximum atomic E-state index is 2.72. The highest BCUT2D eigenvalue weighted by atomic mass is 15.2. The SMILES string of the molecule is CCCN(CC1CCCCN1C(C)C)C(C)C. The predicted octanol–water partition coefficient (Wildman–Crippen LogP) is 3.37. The summed E-state index contributed by atoms with van der Waals surface area (Å²) in [6.45, 7) is 15.5. The van der Waals surface area contributed by atoms with Gasteiger partial charge in [-0.15, -0.1) is 0 Å². The molecule has 0 bridgehead atoms. The Bertz CT molecular complexity index is 201. The van der Waals surface area contributed by atoms with Crippen LogP contribution in [0.4, 0.5) is 0 Å². The highest BCUT2D eigenvalue weighted by Crippen LogP contribution is 2.21. The van der Waals surface area contributed by atoms with Crippen molar-refractivity contribution in [2.75, 3.05) is 19.6 Å². The van der Waals surface area contributed by atoms with E-state index in [-0.39, 0.29) is 0 Å². The van der Waals surface area contributed by atoms with Crippen molar-refractivity contribution < 1.29 is 0 Å². The van der Waals surface area contributed by atoms with E-state index in [1.54, 1.807) is 0 Å². The minimum Gasteiger partial charge on any atom is -0.299 e. The molecule has 1 saturated heterocycles. The Hall–Kier alpha value is -0.0800. The van der Waals surface area contributed by atoms with Crippen LogP contribution in [0.1, 0.15) is 60.3 Å². The largest absolute Gasteiger partial charge is 0.299 e. The first kappa shape index (κ1) is 15.0. The van der Waals surface area contributed by atoms with E-state index < -0.39 is 0 Å².